The molecule has 0 spiro atoms. The van der Waals surface area contributed by atoms with Gasteiger partial charge in [-0.05, 0) is 42.8 Å². The lowest BCUT2D eigenvalue weighted by Crippen LogP contribution is -2.14. The number of anilines is 1. The van der Waals surface area contributed by atoms with E-state index in [-0.39, 0.29) is 43.4 Å². The van der Waals surface area contributed by atoms with Gasteiger partial charge in [-0.2, -0.15) is 0 Å². The third-order valence-corrected chi connectivity index (χ3v) is 9.30. The first-order valence-corrected chi connectivity index (χ1v) is 13.2. The number of benzene rings is 2. The molecular weight excluding hydrogens is 497 g/mol. The van der Waals surface area contributed by atoms with Crippen molar-refractivity contribution in [1.82, 2.24) is 4.98 Å². The van der Waals surface area contributed by atoms with E-state index >= 15 is 0 Å². The molecule has 33 heavy (non-hydrogen) atoms. The highest BCUT2D eigenvalue weighted by atomic mass is 32.2. The number of halogens is 1. The Kier molecular flexibility index (Phi) is 7.19. The van der Waals surface area contributed by atoms with Crippen molar-refractivity contribution in [2.24, 2.45) is 0 Å². The van der Waals surface area contributed by atoms with Gasteiger partial charge in [0.2, 0.25) is 15.7 Å². The maximum absolute atomic E-state index is 12.9. The van der Waals surface area contributed by atoms with Crippen molar-refractivity contribution in [3.63, 3.8) is 0 Å². The fourth-order valence-electron chi connectivity index (χ4n) is 2.67. The summed E-state index contributed by atoms with van der Waals surface area (Å²) in [6.45, 7) is 0. The molecule has 14 heteroatoms. The largest absolute Gasteiger partial charge is 0.302 e. The standard InChI is InChI=1S/C19H16FN3O7S3/c20-13-3-7-15(8-4-13)32(27,28)11-1-2-17(24)22-19-21-12-18(31-19)33(29,30)16-9-5-14(6-10-16)23(25)26/h3-10,12H,1-2,11H2,(H,21,22,24). The second-order valence-electron chi connectivity index (χ2n) is 6.66. The van der Waals surface area contributed by atoms with Gasteiger partial charge in [-0.25, -0.2) is 26.2 Å². The molecule has 0 aliphatic heterocycles. The summed E-state index contributed by atoms with van der Waals surface area (Å²) in [5.41, 5.74) is -0.257. The van der Waals surface area contributed by atoms with Gasteiger partial charge in [0.1, 0.15) is 10.0 Å². The summed E-state index contributed by atoms with van der Waals surface area (Å²) in [6.07, 6.45) is 0.880. The summed E-state index contributed by atoms with van der Waals surface area (Å²) in [5, 5.41) is 13.1. The van der Waals surface area contributed by atoms with Crippen molar-refractivity contribution in [2.75, 3.05) is 11.1 Å². The quantitative estimate of drug-likeness (QED) is 0.260. The van der Waals surface area contributed by atoms with Gasteiger partial charge in [0.25, 0.3) is 5.69 Å². The van der Waals surface area contributed by atoms with Crippen LogP contribution in [0.2, 0.25) is 0 Å². The van der Waals surface area contributed by atoms with Crippen LogP contribution in [0.15, 0.2) is 68.7 Å². The lowest BCUT2D eigenvalue weighted by molar-refractivity contribution is -0.384. The smallest absolute Gasteiger partial charge is 0.269 e. The van der Waals surface area contributed by atoms with Crippen molar-refractivity contribution in [3.05, 3.63) is 70.7 Å². The number of aromatic nitrogens is 1. The summed E-state index contributed by atoms with van der Waals surface area (Å²) in [5.74, 6) is -1.45. The third kappa shape index (κ3) is 5.97. The topological polar surface area (TPSA) is 153 Å². The van der Waals surface area contributed by atoms with E-state index in [4.69, 9.17) is 0 Å². The molecule has 3 rings (SSSR count). The highest BCUT2D eigenvalue weighted by molar-refractivity contribution is 7.93. The fourth-order valence-corrected chi connectivity index (χ4v) is 6.43. The van der Waals surface area contributed by atoms with Gasteiger partial charge in [0.05, 0.1) is 26.7 Å². The van der Waals surface area contributed by atoms with Gasteiger partial charge in [0.15, 0.2) is 15.0 Å². The van der Waals surface area contributed by atoms with E-state index in [2.05, 4.69) is 10.3 Å². The molecule has 10 nitrogen and oxygen atoms in total. The van der Waals surface area contributed by atoms with Crippen LogP contribution in [0.5, 0.6) is 0 Å². The molecule has 0 fully saturated rings. The number of nitrogens with zero attached hydrogens (tertiary/aromatic N) is 2. The van der Waals surface area contributed by atoms with E-state index in [0.29, 0.717) is 11.3 Å². The number of thiazole rings is 1. The average molecular weight is 514 g/mol. The van der Waals surface area contributed by atoms with E-state index in [1.165, 1.54) is 0 Å². The molecule has 0 unspecified atom stereocenters. The van der Waals surface area contributed by atoms with Crippen molar-refractivity contribution in [2.45, 2.75) is 26.8 Å². The van der Waals surface area contributed by atoms with Crippen molar-refractivity contribution in [3.8, 4) is 0 Å². The van der Waals surface area contributed by atoms with Crippen LogP contribution in [-0.2, 0) is 24.5 Å². The Balaban J connectivity index is 1.59. The summed E-state index contributed by atoms with van der Waals surface area (Å²) in [6, 6.07) is 8.70. The first-order valence-electron chi connectivity index (χ1n) is 9.22. The van der Waals surface area contributed by atoms with Crippen LogP contribution in [0.4, 0.5) is 15.2 Å². The summed E-state index contributed by atoms with van der Waals surface area (Å²) >= 11 is 0.692. The molecular formula is C19H16FN3O7S3. The Morgan fingerprint density at radius 1 is 1.03 bits per heavy atom. The summed E-state index contributed by atoms with van der Waals surface area (Å²) in [4.78, 5) is 25.8. The zero-order valence-electron chi connectivity index (χ0n) is 16.7. The predicted octanol–water partition coefficient (Wildman–Crippen LogP) is 3.22. The predicted molar refractivity (Wildman–Crippen MR) is 117 cm³/mol. The number of non-ortho nitro benzene ring substituents is 1. The lowest BCUT2D eigenvalue weighted by Gasteiger charge is -2.05. The molecule has 0 saturated heterocycles. The highest BCUT2D eigenvalue weighted by Crippen LogP contribution is 2.29. The summed E-state index contributed by atoms with van der Waals surface area (Å²) in [7, 11) is -7.67. The Hall–Kier alpha value is -3.23. The third-order valence-electron chi connectivity index (χ3n) is 4.34. The maximum atomic E-state index is 12.9. The first-order chi connectivity index (χ1) is 15.5. The van der Waals surface area contributed by atoms with Crippen molar-refractivity contribution < 1.29 is 30.9 Å². The minimum atomic E-state index is -3.99. The molecule has 174 valence electrons. The van der Waals surface area contributed by atoms with Gasteiger partial charge in [-0.1, -0.05) is 11.3 Å². The average Bonchev–Trinajstić information content (AvgIpc) is 3.23. The molecule has 0 bridgehead atoms. The van der Waals surface area contributed by atoms with E-state index in [1.807, 2.05) is 0 Å². The number of carbonyl (C=O) groups is 1. The Morgan fingerprint density at radius 2 is 1.64 bits per heavy atom. The van der Waals surface area contributed by atoms with Crippen LogP contribution in [0, 0.1) is 15.9 Å². The normalized spacial score (nSPS) is 11.8. The number of nitro benzene ring substituents is 1. The summed E-state index contributed by atoms with van der Waals surface area (Å²) < 4.78 is 62.5. The van der Waals surface area contributed by atoms with Gasteiger partial charge in [-0.15, -0.1) is 0 Å². The molecule has 0 aliphatic carbocycles. The number of carbonyl (C=O) groups excluding carboxylic acids is 1. The molecule has 1 heterocycles. The zero-order chi connectivity index (χ0) is 24.2. The van der Waals surface area contributed by atoms with E-state index in [1.54, 1.807) is 0 Å². The monoisotopic (exact) mass is 513 g/mol. The van der Waals surface area contributed by atoms with E-state index in [0.717, 1.165) is 54.7 Å². The molecule has 0 radical (unpaired) electrons. The fraction of sp³-hybridized carbons (Fsp3) is 0.158. The molecule has 1 N–H and O–H groups in total. The minimum Gasteiger partial charge on any atom is -0.302 e. The molecule has 0 saturated carbocycles. The lowest BCUT2D eigenvalue weighted by atomic mass is 10.3. The minimum absolute atomic E-state index is 0.00174. The second-order valence-corrected chi connectivity index (χ2v) is 12.0. The van der Waals surface area contributed by atoms with Crippen LogP contribution in [-0.4, -0.2) is 38.4 Å². The number of sulfone groups is 2. The maximum Gasteiger partial charge on any atom is 0.269 e. The number of amides is 1. The Labute approximate surface area is 192 Å². The number of hydrogen-bond donors (Lipinski definition) is 1. The van der Waals surface area contributed by atoms with E-state index in [9.17, 15) is 36.1 Å². The van der Waals surface area contributed by atoms with Crippen LogP contribution in [0.3, 0.4) is 0 Å². The zero-order valence-corrected chi connectivity index (χ0v) is 19.1. The van der Waals surface area contributed by atoms with Crippen LogP contribution in [0.25, 0.3) is 0 Å². The van der Waals surface area contributed by atoms with E-state index < -0.39 is 36.3 Å². The van der Waals surface area contributed by atoms with Crippen LogP contribution < -0.4 is 5.32 Å². The van der Waals surface area contributed by atoms with Gasteiger partial charge in [-0.3, -0.25) is 14.9 Å². The van der Waals surface area contributed by atoms with Gasteiger partial charge < -0.3 is 5.32 Å². The molecule has 1 amide bonds. The Bertz CT molecular complexity index is 1390. The number of rotatable bonds is 9. The SMILES string of the molecule is O=C(CCCS(=O)(=O)c1ccc(F)cc1)Nc1ncc(S(=O)(=O)c2ccc([N+](=O)[O-])cc2)s1. The first kappa shape index (κ1) is 24.4. The van der Waals surface area contributed by atoms with Gasteiger partial charge in [0, 0.05) is 18.6 Å². The highest BCUT2D eigenvalue weighted by Gasteiger charge is 2.22. The Morgan fingerprint density at radius 3 is 2.24 bits per heavy atom. The molecule has 3 aromatic rings. The number of nitrogens with one attached hydrogen (secondary N) is 1. The molecule has 1 aromatic heterocycles. The molecule has 2 aromatic carbocycles. The molecule has 0 aliphatic rings. The second kappa shape index (κ2) is 9.72. The van der Waals surface area contributed by atoms with Crippen molar-refractivity contribution in [1.29, 1.82) is 0 Å². The van der Waals surface area contributed by atoms with Gasteiger partial charge >= 0.3 is 0 Å². The number of hydrogen-bond acceptors (Lipinski definition) is 9. The van der Waals surface area contributed by atoms with Crippen molar-refractivity contribution >= 4 is 47.7 Å². The van der Waals surface area contributed by atoms with Crippen LogP contribution in [0.1, 0.15) is 12.8 Å². The molecule has 0 atom stereocenters. The van der Waals surface area contributed by atoms with Crippen LogP contribution >= 0.6 is 11.3 Å². The number of nitro groups is 1.